The fourth-order valence-electron chi connectivity index (χ4n) is 4.01. The average Bonchev–Trinajstić information content (AvgIpc) is 3.35. The number of rotatable bonds is 6. The topological polar surface area (TPSA) is 84.5 Å². The predicted molar refractivity (Wildman–Crippen MR) is 129 cm³/mol. The van der Waals surface area contributed by atoms with Crippen LogP contribution in [0, 0.1) is 24.0 Å². The van der Waals surface area contributed by atoms with Crippen molar-refractivity contribution in [2.75, 3.05) is 26.2 Å². The number of nitro groups is 1. The summed E-state index contributed by atoms with van der Waals surface area (Å²) in [5, 5.41) is 18.5. The van der Waals surface area contributed by atoms with Gasteiger partial charge < -0.3 is 4.90 Å². The van der Waals surface area contributed by atoms with E-state index in [4.69, 9.17) is 23.2 Å². The number of piperazine rings is 1. The Bertz CT molecular complexity index is 1200. The Balaban J connectivity index is 1.35. The number of nitrogens with zero attached hydrogens (tertiary/aromatic N) is 5. The van der Waals surface area contributed by atoms with Crippen LogP contribution in [-0.4, -0.2) is 56.6 Å². The number of benzene rings is 1. The molecule has 1 aromatic carbocycles. The Labute approximate surface area is 205 Å². The Morgan fingerprint density at radius 2 is 1.82 bits per heavy atom. The zero-order valence-electron chi connectivity index (χ0n) is 18.3. The van der Waals surface area contributed by atoms with Crippen molar-refractivity contribution in [2.24, 2.45) is 0 Å². The molecular formula is C22H23Cl2N5O3S. The van der Waals surface area contributed by atoms with Crippen LogP contribution >= 0.6 is 34.5 Å². The molecule has 3 aromatic rings. The van der Waals surface area contributed by atoms with Crippen LogP contribution in [0.2, 0.25) is 10.0 Å². The number of hydrogen-bond acceptors (Lipinski definition) is 6. The van der Waals surface area contributed by atoms with Crippen molar-refractivity contribution in [3.8, 4) is 0 Å². The molecule has 1 amide bonds. The van der Waals surface area contributed by atoms with Gasteiger partial charge in [-0.25, -0.2) is 0 Å². The molecule has 1 saturated heterocycles. The van der Waals surface area contributed by atoms with Crippen molar-refractivity contribution in [1.29, 1.82) is 0 Å². The maximum atomic E-state index is 13.0. The number of aryl methyl sites for hydroxylation is 1. The van der Waals surface area contributed by atoms with E-state index in [1.165, 1.54) is 11.3 Å². The summed E-state index contributed by atoms with van der Waals surface area (Å²) in [5.41, 5.74) is 2.94. The second-order valence-corrected chi connectivity index (χ2v) is 9.80. The number of carbonyl (C=O) groups excluding carboxylic acids is 1. The third-order valence-corrected chi connectivity index (χ3v) is 7.48. The van der Waals surface area contributed by atoms with Gasteiger partial charge in [0.2, 0.25) is 0 Å². The molecule has 8 nitrogen and oxygen atoms in total. The number of thiophene rings is 1. The van der Waals surface area contributed by atoms with Crippen molar-refractivity contribution >= 4 is 46.1 Å². The molecular weight excluding hydrogens is 485 g/mol. The molecule has 0 aliphatic carbocycles. The quantitative estimate of drug-likeness (QED) is 0.353. The summed E-state index contributed by atoms with van der Waals surface area (Å²) in [5.74, 6) is 0.0137. The van der Waals surface area contributed by atoms with Gasteiger partial charge in [0.15, 0.2) is 0 Å². The number of carbonyl (C=O) groups is 1. The molecule has 0 N–H and O–H groups in total. The highest BCUT2D eigenvalue weighted by molar-refractivity contribution is 7.12. The highest BCUT2D eigenvalue weighted by Crippen LogP contribution is 2.25. The third kappa shape index (κ3) is 5.22. The predicted octanol–water partition coefficient (Wildman–Crippen LogP) is 4.78. The summed E-state index contributed by atoms with van der Waals surface area (Å²) in [6, 6.07) is 7.51. The lowest BCUT2D eigenvalue weighted by Crippen LogP contribution is -2.48. The summed E-state index contributed by atoms with van der Waals surface area (Å²) in [6.45, 7) is 7.32. The monoisotopic (exact) mass is 507 g/mol. The van der Waals surface area contributed by atoms with Crippen molar-refractivity contribution in [1.82, 2.24) is 19.6 Å². The van der Waals surface area contributed by atoms with Gasteiger partial charge >= 0.3 is 5.69 Å². The fourth-order valence-corrected chi connectivity index (χ4v) is 5.20. The Hall–Kier alpha value is -2.46. The second-order valence-electron chi connectivity index (χ2n) is 8.07. The molecule has 2 aromatic heterocycles. The van der Waals surface area contributed by atoms with E-state index < -0.39 is 4.92 Å². The molecule has 0 radical (unpaired) electrons. The highest BCUT2D eigenvalue weighted by atomic mass is 35.5. The van der Waals surface area contributed by atoms with Crippen LogP contribution in [-0.2, 0) is 13.1 Å². The molecule has 4 rings (SSSR count). The minimum atomic E-state index is -0.405. The zero-order chi connectivity index (χ0) is 23.7. The first-order chi connectivity index (χ1) is 15.7. The molecule has 0 unspecified atom stereocenters. The van der Waals surface area contributed by atoms with Gasteiger partial charge in [-0.1, -0.05) is 29.3 Å². The zero-order valence-corrected chi connectivity index (χ0v) is 20.6. The number of halogens is 2. The van der Waals surface area contributed by atoms with Gasteiger partial charge in [-0.2, -0.15) is 5.10 Å². The van der Waals surface area contributed by atoms with E-state index in [0.29, 0.717) is 45.9 Å². The highest BCUT2D eigenvalue weighted by Gasteiger charge is 2.25. The lowest BCUT2D eigenvalue weighted by atomic mass is 10.2. The van der Waals surface area contributed by atoms with Crippen molar-refractivity contribution in [3.63, 3.8) is 0 Å². The summed E-state index contributed by atoms with van der Waals surface area (Å²) < 4.78 is 1.62. The molecule has 0 atom stereocenters. The molecule has 1 fully saturated rings. The molecule has 1 aliphatic heterocycles. The van der Waals surface area contributed by atoms with Gasteiger partial charge in [0.25, 0.3) is 5.91 Å². The second kappa shape index (κ2) is 9.80. The number of aromatic nitrogens is 2. The summed E-state index contributed by atoms with van der Waals surface area (Å²) in [4.78, 5) is 28.6. The van der Waals surface area contributed by atoms with E-state index in [0.717, 1.165) is 30.8 Å². The van der Waals surface area contributed by atoms with Crippen molar-refractivity contribution < 1.29 is 9.72 Å². The van der Waals surface area contributed by atoms with Crippen LogP contribution in [0.1, 0.15) is 32.2 Å². The van der Waals surface area contributed by atoms with Gasteiger partial charge in [-0.05, 0) is 48.6 Å². The molecule has 0 spiro atoms. The number of amides is 1. The number of hydrogen-bond donors (Lipinski definition) is 0. The molecule has 1 aliphatic rings. The summed E-state index contributed by atoms with van der Waals surface area (Å²) in [6.07, 6.45) is 0. The van der Waals surface area contributed by atoms with Gasteiger partial charge in [-0.3, -0.25) is 24.5 Å². The van der Waals surface area contributed by atoms with E-state index in [9.17, 15) is 14.9 Å². The Morgan fingerprint density at radius 3 is 2.45 bits per heavy atom. The maximum absolute atomic E-state index is 13.0. The smallest absolute Gasteiger partial charge is 0.312 e. The molecule has 0 saturated carbocycles. The van der Waals surface area contributed by atoms with Crippen LogP contribution < -0.4 is 0 Å². The average molecular weight is 508 g/mol. The van der Waals surface area contributed by atoms with Crippen LogP contribution in [0.3, 0.4) is 0 Å². The summed E-state index contributed by atoms with van der Waals surface area (Å²) in [7, 11) is 0. The van der Waals surface area contributed by atoms with Crippen LogP contribution in [0.15, 0.2) is 29.6 Å². The van der Waals surface area contributed by atoms with Crippen LogP contribution in [0.5, 0.6) is 0 Å². The largest absolute Gasteiger partial charge is 0.335 e. The maximum Gasteiger partial charge on any atom is 0.312 e. The lowest BCUT2D eigenvalue weighted by Gasteiger charge is -2.34. The minimum absolute atomic E-state index is 0.0137. The molecule has 0 bridgehead atoms. The van der Waals surface area contributed by atoms with Crippen molar-refractivity contribution in [2.45, 2.75) is 26.9 Å². The molecule has 11 heteroatoms. The van der Waals surface area contributed by atoms with Crippen LogP contribution in [0.25, 0.3) is 0 Å². The third-order valence-electron chi connectivity index (χ3n) is 5.77. The van der Waals surface area contributed by atoms with Crippen molar-refractivity contribution in [3.05, 3.63) is 77.2 Å². The van der Waals surface area contributed by atoms with Gasteiger partial charge in [-0.15, -0.1) is 11.3 Å². The molecule has 33 heavy (non-hydrogen) atoms. The fraction of sp³-hybridized carbons (Fsp3) is 0.364. The van der Waals surface area contributed by atoms with Crippen LogP contribution in [0.4, 0.5) is 5.69 Å². The van der Waals surface area contributed by atoms with Gasteiger partial charge in [0, 0.05) is 32.7 Å². The SMILES string of the molecule is Cc1nn(Cc2csc(C(=O)N3CCN(Cc4ccc(Cl)c(Cl)c4)CC3)c2)c(C)c1[N+](=O)[O-]. The first kappa shape index (κ1) is 23.7. The Kier molecular flexibility index (Phi) is 7.04. The first-order valence-electron chi connectivity index (χ1n) is 10.4. The normalized spacial score (nSPS) is 14.6. The Morgan fingerprint density at radius 1 is 1.09 bits per heavy atom. The van der Waals surface area contributed by atoms with E-state index in [2.05, 4.69) is 10.00 Å². The molecule has 3 heterocycles. The van der Waals surface area contributed by atoms with E-state index in [1.54, 1.807) is 24.6 Å². The van der Waals surface area contributed by atoms with Gasteiger partial charge in [0.05, 0.1) is 26.4 Å². The minimum Gasteiger partial charge on any atom is -0.335 e. The van der Waals surface area contributed by atoms with E-state index in [-0.39, 0.29) is 11.6 Å². The molecule has 174 valence electrons. The lowest BCUT2D eigenvalue weighted by molar-refractivity contribution is -0.386. The van der Waals surface area contributed by atoms with E-state index in [1.807, 2.05) is 28.5 Å². The summed E-state index contributed by atoms with van der Waals surface area (Å²) >= 11 is 13.5. The standard InChI is InChI=1S/C22H23Cl2N5O3S/c1-14-21(29(31)32)15(2)28(25-14)12-17-10-20(33-13-17)22(30)27-7-5-26(6-8-27)11-16-3-4-18(23)19(24)9-16/h3-4,9-10,13H,5-8,11-12H2,1-2H3. The van der Waals surface area contributed by atoms with E-state index >= 15 is 0 Å². The first-order valence-corrected chi connectivity index (χ1v) is 12.1. The van der Waals surface area contributed by atoms with Gasteiger partial charge in [0.1, 0.15) is 11.4 Å².